The maximum atomic E-state index is 13.3. The van der Waals surface area contributed by atoms with E-state index >= 15 is 0 Å². The predicted molar refractivity (Wildman–Crippen MR) is 214 cm³/mol. The molecule has 0 unspecified atom stereocenters. The average molecular weight is 797 g/mol. The topological polar surface area (TPSA) is 142 Å². The van der Waals surface area contributed by atoms with Crippen LogP contribution in [0.15, 0.2) is 41.3 Å². The van der Waals surface area contributed by atoms with Crippen molar-refractivity contribution in [1.82, 2.24) is 25.2 Å². The maximum Gasteiger partial charge on any atom is 0.314 e. The predicted octanol–water partition coefficient (Wildman–Crippen LogP) is 6.95. The van der Waals surface area contributed by atoms with Gasteiger partial charge in [0.25, 0.3) is 10.0 Å². The SMILES string of the molecule is [C-]#[N+]c1cc(Cl)cc2c1C[C@H](N1CCCCC1)[C@H]2Oc1ccc(S(=O)(=O)NC(=O)C2CCN(CCCCC(=O)CCCCCNC(=O)NCCC)CC2)cc1. The van der Waals surface area contributed by atoms with E-state index in [2.05, 4.69) is 30.0 Å². The van der Waals surface area contributed by atoms with Crippen molar-refractivity contribution in [2.45, 2.75) is 114 Å². The molecule has 2 aromatic rings. The number of piperidine rings is 2. The Hall–Kier alpha value is -3.70. The lowest BCUT2D eigenvalue weighted by Crippen LogP contribution is -2.43. The third kappa shape index (κ3) is 12.4. The van der Waals surface area contributed by atoms with Gasteiger partial charge in [0.1, 0.15) is 17.6 Å². The van der Waals surface area contributed by atoms with Crippen molar-refractivity contribution in [3.05, 3.63) is 64.0 Å². The Kier molecular flexibility index (Phi) is 16.2. The third-order valence-corrected chi connectivity index (χ3v) is 12.6. The van der Waals surface area contributed by atoms with Crippen molar-refractivity contribution in [3.8, 4) is 5.75 Å². The summed E-state index contributed by atoms with van der Waals surface area (Å²) in [7, 11) is -4.08. The van der Waals surface area contributed by atoms with Crippen LogP contribution in [0.1, 0.15) is 108 Å². The van der Waals surface area contributed by atoms with Gasteiger partial charge < -0.3 is 20.3 Å². The molecule has 3 amide bonds. The fraction of sp³-hybridized carbons (Fsp3) is 0.610. The molecule has 3 N–H and O–H groups in total. The number of rotatable bonds is 19. The molecule has 5 rings (SSSR count). The zero-order valence-corrected chi connectivity index (χ0v) is 33.7. The molecule has 2 saturated heterocycles. The second kappa shape index (κ2) is 21.0. The second-order valence-corrected chi connectivity index (χ2v) is 17.2. The Labute approximate surface area is 331 Å². The number of fused-ring (bicyclic) bond motifs is 1. The van der Waals surface area contributed by atoms with Crippen LogP contribution in [-0.2, 0) is 26.0 Å². The van der Waals surface area contributed by atoms with Gasteiger partial charge in [-0.05, 0) is 144 Å². The van der Waals surface area contributed by atoms with Crippen molar-refractivity contribution >= 4 is 45.0 Å². The minimum absolute atomic E-state index is 0.0122. The molecule has 0 spiro atoms. The van der Waals surface area contributed by atoms with Gasteiger partial charge in [-0.15, -0.1) is 0 Å². The number of urea groups is 1. The highest BCUT2D eigenvalue weighted by Crippen LogP contribution is 2.44. The normalized spacial score (nSPS) is 19.3. The molecule has 14 heteroatoms. The first-order valence-electron chi connectivity index (χ1n) is 20.1. The molecule has 2 aromatic carbocycles. The number of nitrogens with one attached hydrogen (secondary N) is 3. The number of Topliss-reactive ketones (excluding diaryl/α,β-unsaturated/α-hetero) is 1. The highest BCUT2D eigenvalue weighted by Gasteiger charge is 2.40. The Balaban J connectivity index is 1.02. The maximum absolute atomic E-state index is 13.3. The third-order valence-electron chi connectivity index (χ3n) is 11.0. The van der Waals surface area contributed by atoms with Gasteiger partial charge in [-0.25, -0.2) is 22.8 Å². The number of amides is 3. The minimum atomic E-state index is -4.08. The zero-order valence-electron chi connectivity index (χ0n) is 32.1. The van der Waals surface area contributed by atoms with Crippen molar-refractivity contribution in [1.29, 1.82) is 0 Å². The van der Waals surface area contributed by atoms with Crippen molar-refractivity contribution in [3.63, 3.8) is 0 Å². The van der Waals surface area contributed by atoms with E-state index in [-0.39, 0.29) is 28.9 Å². The van der Waals surface area contributed by atoms with E-state index in [1.807, 2.05) is 13.0 Å². The fourth-order valence-electron chi connectivity index (χ4n) is 7.90. The standard InChI is InChI=1S/C41H57ClN6O6S/c1-3-20-44-41(51)45-21-8-4-6-12-32(49)13-7-11-22-47-25-18-30(19-26-47)40(50)46-55(52,53)34-16-14-33(15-17-34)54-39-36-27-31(42)28-37(43-2)35(36)29-38(39)48-23-9-5-10-24-48/h14-17,27-28,30,38-39H,3-13,18-26,29H2,1H3,(H,46,50)(H2,44,45,51)/t38-,39-/m0/s1. The van der Waals surface area contributed by atoms with Crippen LogP contribution >= 0.6 is 11.6 Å². The molecule has 3 aliphatic rings. The molecule has 0 aromatic heterocycles. The first kappa shape index (κ1) is 42.4. The number of hydrogen-bond donors (Lipinski definition) is 3. The fourth-order valence-corrected chi connectivity index (χ4v) is 9.17. The lowest BCUT2D eigenvalue weighted by Gasteiger charge is -2.36. The van der Waals surface area contributed by atoms with Crippen LogP contribution in [-0.4, -0.2) is 87.8 Å². The van der Waals surface area contributed by atoms with Gasteiger partial charge in [0.05, 0.1) is 17.5 Å². The summed E-state index contributed by atoms with van der Waals surface area (Å²) in [6.07, 6.45) is 11.3. The van der Waals surface area contributed by atoms with E-state index in [4.69, 9.17) is 22.9 Å². The number of sulfonamides is 1. The Morgan fingerprint density at radius 1 is 0.909 bits per heavy atom. The summed E-state index contributed by atoms with van der Waals surface area (Å²) < 4.78 is 35.4. The summed E-state index contributed by atoms with van der Waals surface area (Å²) in [5.41, 5.74) is 2.40. The number of benzene rings is 2. The number of halogens is 1. The van der Waals surface area contributed by atoms with E-state index in [9.17, 15) is 22.8 Å². The number of ether oxygens (including phenoxy) is 1. The van der Waals surface area contributed by atoms with E-state index < -0.39 is 21.8 Å². The molecule has 2 atom stereocenters. The van der Waals surface area contributed by atoms with Crippen LogP contribution in [0.25, 0.3) is 4.85 Å². The van der Waals surface area contributed by atoms with Gasteiger partial charge >= 0.3 is 6.03 Å². The van der Waals surface area contributed by atoms with E-state index in [1.165, 1.54) is 18.6 Å². The summed E-state index contributed by atoms with van der Waals surface area (Å²) in [5, 5.41) is 6.09. The number of nitrogens with zero attached hydrogens (tertiary/aromatic N) is 3. The molecule has 1 aliphatic carbocycles. The van der Waals surface area contributed by atoms with E-state index in [0.29, 0.717) is 74.7 Å². The van der Waals surface area contributed by atoms with Crippen molar-refractivity contribution < 1.29 is 27.5 Å². The number of hydrogen-bond acceptors (Lipinski definition) is 8. The van der Waals surface area contributed by atoms with Gasteiger partial charge in [0.15, 0.2) is 5.69 Å². The molecule has 2 fully saturated rings. The number of unbranched alkanes of at least 4 members (excludes halogenated alkanes) is 3. The number of carbonyl (C=O) groups excluding carboxylic acids is 3. The van der Waals surface area contributed by atoms with Gasteiger partial charge in [-0.2, -0.15) is 0 Å². The first-order valence-corrected chi connectivity index (χ1v) is 22.0. The molecule has 0 bridgehead atoms. The van der Waals surface area contributed by atoms with Crippen LogP contribution in [0.4, 0.5) is 10.5 Å². The molecule has 2 heterocycles. The van der Waals surface area contributed by atoms with Gasteiger partial charge in [0.2, 0.25) is 5.91 Å². The highest BCUT2D eigenvalue weighted by molar-refractivity contribution is 7.90. The van der Waals surface area contributed by atoms with Crippen LogP contribution in [0.5, 0.6) is 5.75 Å². The van der Waals surface area contributed by atoms with E-state index in [1.54, 1.807) is 18.2 Å². The summed E-state index contributed by atoms with van der Waals surface area (Å²) in [4.78, 5) is 45.4. The molecule has 0 saturated carbocycles. The monoisotopic (exact) mass is 796 g/mol. The lowest BCUT2D eigenvalue weighted by atomic mass is 9.96. The summed E-state index contributed by atoms with van der Waals surface area (Å²) in [5.74, 6) is -0.103. The zero-order chi connectivity index (χ0) is 39.2. The van der Waals surface area contributed by atoms with Crippen LogP contribution in [0, 0.1) is 12.5 Å². The quantitative estimate of drug-likeness (QED) is 0.103. The van der Waals surface area contributed by atoms with Crippen molar-refractivity contribution in [2.75, 3.05) is 45.8 Å². The molecule has 2 aliphatic heterocycles. The highest BCUT2D eigenvalue weighted by atomic mass is 35.5. The lowest BCUT2D eigenvalue weighted by molar-refractivity contribution is -0.124. The van der Waals surface area contributed by atoms with Gasteiger partial charge in [-0.1, -0.05) is 31.4 Å². The largest absolute Gasteiger partial charge is 0.484 e. The Morgan fingerprint density at radius 2 is 1.60 bits per heavy atom. The first-order chi connectivity index (χ1) is 26.6. The number of carbonyl (C=O) groups is 3. The number of ketones is 1. The molecule has 300 valence electrons. The van der Waals surface area contributed by atoms with Crippen LogP contribution in [0.3, 0.4) is 0 Å². The van der Waals surface area contributed by atoms with Crippen LogP contribution in [0.2, 0.25) is 5.02 Å². The van der Waals surface area contributed by atoms with Crippen molar-refractivity contribution in [2.24, 2.45) is 5.92 Å². The molecule has 55 heavy (non-hydrogen) atoms. The summed E-state index contributed by atoms with van der Waals surface area (Å²) in [6, 6.07) is 9.65. The summed E-state index contributed by atoms with van der Waals surface area (Å²) >= 11 is 6.42. The van der Waals surface area contributed by atoms with Crippen LogP contribution < -0.4 is 20.1 Å². The van der Waals surface area contributed by atoms with E-state index in [0.717, 1.165) is 82.1 Å². The molecule has 0 radical (unpaired) electrons. The smallest absolute Gasteiger partial charge is 0.314 e. The van der Waals surface area contributed by atoms with Gasteiger partial charge in [0, 0.05) is 36.9 Å². The Bertz CT molecular complexity index is 1750. The molecular formula is C41H57ClN6O6S. The molecule has 12 nitrogen and oxygen atoms in total. The Morgan fingerprint density at radius 3 is 2.29 bits per heavy atom. The summed E-state index contributed by atoms with van der Waals surface area (Å²) in [6.45, 7) is 15.2. The molecular weight excluding hydrogens is 740 g/mol. The second-order valence-electron chi connectivity index (χ2n) is 15.1. The van der Waals surface area contributed by atoms with Gasteiger partial charge in [-0.3, -0.25) is 14.5 Å². The number of likely N-dealkylation sites (tertiary alicyclic amines) is 2. The minimum Gasteiger partial charge on any atom is -0.484 e. The average Bonchev–Trinajstić information content (AvgIpc) is 3.54.